The maximum atomic E-state index is 13.2. The van der Waals surface area contributed by atoms with Crippen molar-refractivity contribution in [3.63, 3.8) is 0 Å². The zero-order chi connectivity index (χ0) is 24.4. The van der Waals surface area contributed by atoms with E-state index in [1.807, 2.05) is 4.68 Å². The van der Waals surface area contributed by atoms with Gasteiger partial charge in [0, 0.05) is 24.8 Å². The highest BCUT2D eigenvalue weighted by molar-refractivity contribution is 5.82. The summed E-state index contributed by atoms with van der Waals surface area (Å²) in [4.78, 5) is 18.9. The van der Waals surface area contributed by atoms with Gasteiger partial charge in [-0.3, -0.25) is 9.69 Å². The van der Waals surface area contributed by atoms with Crippen molar-refractivity contribution in [1.29, 1.82) is 0 Å². The summed E-state index contributed by atoms with van der Waals surface area (Å²) in [6.07, 6.45) is 9.05. The van der Waals surface area contributed by atoms with Crippen LogP contribution in [0.25, 0.3) is 10.9 Å². The van der Waals surface area contributed by atoms with Crippen molar-refractivity contribution in [2.45, 2.75) is 103 Å². The topological polar surface area (TPSA) is 88.9 Å². The van der Waals surface area contributed by atoms with Gasteiger partial charge in [0.25, 0.3) is 5.56 Å². The Labute approximate surface area is 207 Å². The van der Waals surface area contributed by atoms with Gasteiger partial charge >= 0.3 is 0 Å². The maximum Gasteiger partial charge on any atom is 0.252 e. The molecule has 1 saturated heterocycles. The fourth-order valence-electron chi connectivity index (χ4n) is 6.05. The van der Waals surface area contributed by atoms with Crippen molar-refractivity contribution in [1.82, 2.24) is 30.1 Å². The van der Waals surface area contributed by atoms with Crippen LogP contribution in [0, 0.1) is 13.8 Å². The summed E-state index contributed by atoms with van der Waals surface area (Å²) >= 11 is 0. The lowest BCUT2D eigenvalue weighted by atomic mass is 10.0. The Morgan fingerprint density at radius 1 is 1.17 bits per heavy atom. The van der Waals surface area contributed by atoms with Crippen LogP contribution in [0.2, 0.25) is 0 Å². The number of ether oxygens (including phenoxy) is 1. The van der Waals surface area contributed by atoms with Gasteiger partial charge in [0.05, 0.1) is 24.2 Å². The highest BCUT2D eigenvalue weighted by Gasteiger charge is 2.33. The molecule has 3 heterocycles. The molecule has 2 aliphatic rings. The molecule has 2 aromatic heterocycles. The number of aromatic nitrogens is 5. The van der Waals surface area contributed by atoms with E-state index in [1.54, 1.807) is 0 Å². The normalized spacial score (nSPS) is 19.8. The average Bonchev–Trinajstić information content (AvgIpc) is 3.61. The molecule has 188 valence electrons. The molecule has 1 N–H and O–H groups in total. The number of aryl methyl sites for hydroxylation is 2. The SMILES string of the molecule is CCC[C@H](c1nnnn1C[C@H]1CCCO1)N(Cc1cc2cc(C)cc(C)c2[nH]c1=O)C1CCCC1. The Kier molecular flexibility index (Phi) is 7.29. The van der Waals surface area contributed by atoms with Crippen molar-refractivity contribution in [2.75, 3.05) is 6.61 Å². The third-order valence-corrected chi connectivity index (χ3v) is 7.74. The molecule has 1 aliphatic heterocycles. The Morgan fingerprint density at radius 3 is 2.74 bits per heavy atom. The minimum Gasteiger partial charge on any atom is -0.376 e. The first-order valence-corrected chi connectivity index (χ1v) is 13.3. The van der Waals surface area contributed by atoms with Gasteiger partial charge in [0.15, 0.2) is 5.82 Å². The maximum absolute atomic E-state index is 13.2. The van der Waals surface area contributed by atoms with Gasteiger partial charge < -0.3 is 9.72 Å². The number of rotatable bonds is 9. The number of fused-ring (bicyclic) bond motifs is 1. The van der Waals surface area contributed by atoms with Crippen LogP contribution in [0.3, 0.4) is 0 Å². The average molecular weight is 479 g/mol. The van der Waals surface area contributed by atoms with E-state index < -0.39 is 0 Å². The van der Waals surface area contributed by atoms with E-state index in [9.17, 15) is 4.79 Å². The van der Waals surface area contributed by atoms with Crippen LogP contribution in [0.4, 0.5) is 0 Å². The van der Waals surface area contributed by atoms with Crippen molar-refractivity contribution in [3.8, 4) is 0 Å². The van der Waals surface area contributed by atoms with Crippen LogP contribution in [-0.2, 0) is 17.8 Å². The minimum atomic E-state index is 0.00152. The molecule has 0 amide bonds. The molecule has 2 atom stereocenters. The zero-order valence-corrected chi connectivity index (χ0v) is 21.3. The molecule has 5 rings (SSSR count). The number of nitrogens with zero attached hydrogens (tertiary/aromatic N) is 5. The van der Waals surface area contributed by atoms with E-state index in [0.717, 1.165) is 73.0 Å². The molecule has 0 radical (unpaired) electrons. The van der Waals surface area contributed by atoms with E-state index >= 15 is 0 Å². The van der Waals surface area contributed by atoms with Crippen molar-refractivity contribution in [2.24, 2.45) is 0 Å². The van der Waals surface area contributed by atoms with E-state index in [-0.39, 0.29) is 17.7 Å². The quantitative estimate of drug-likeness (QED) is 0.484. The molecule has 1 saturated carbocycles. The number of nitrogens with one attached hydrogen (secondary N) is 1. The molecule has 8 heteroatoms. The standard InChI is InChI=1S/C27H38N6O2/c1-4-8-24(26-29-30-31-33(26)17-23-11-7-12-35-23)32(22-9-5-6-10-22)16-21-15-20-14-18(2)13-19(3)25(20)28-27(21)34/h13-15,22-24H,4-12,16-17H2,1-3H3,(H,28,34)/t23-,24-/m1/s1. The third kappa shape index (κ3) is 5.19. The number of pyridine rings is 1. The number of aromatic amines is 1. The van der Waals surface area contributed by atoms with Gasteiger partial charge in [-0.25, -0.2) is 4.68 Å². The summed E-state index contributed by atoms with van der Waals surface area (Å²) in [6.45, 7) is 8.48. The first kappa shape index (κ1) is 24.1. The van der Waals surface area contributed by atoms with Gasteiger partial charge in [-0.05, 0) is 79.5 Å². The van der Waals surface area contributed by atoms with Gasteiger partial charge in [-0.2, -0.15) is 0 Å². The van der Waals surface area contributed by atoms with Crippen LogP contribution in [-0.4, -0.2) is 48.8 Å². The van der Waals surface area contributed by atoms with Crippen LogP contribution >= 0.6 is 0 Å². The molecule has 0 bridgehead atoms. The molecule has 3 aromatic rings. The number of hydrogen-bond acceptors (Lipinski definition) is 6. The van der Waals surface area contributed by atoms with Gasteiger partial charge in [-0.1, -0.05) is 37.8 Å². The van der Waals surface area contributed by atoms with Crippen LogP contribution in [0.1, 0.15) is 86.8 Å². The summed E-state index contributed by atoms with van der Waals surface area (Å²) < 4.78 is 7.83. The molecular formula is C27H38N6O2. The number of tetrazole rings is 1. The van der Waals surface area contributed by atoms with Crippen LogP contribution in [0.15, 0.2) is 23.0 Å². The highest BCUT2D eigenvalue weighted by atomic mass is 16.5. The lowest BCUT2D eigenvalue weighted by Crippen LogP contribution is -2.39. The number of benzene rings is 1. The Balaban J connectivity index is 1.51. The first-order chi connectivity index (χ1) is 17.0. The smallest absolute Gasteiger partial charge is 0.252 e. The monoisotopic (exact) mass is 478 g/mol. The molecular weight excluding hydrogens is 440 g/mol. The summed E-state index contributed by atoms with van der Waals surface area (Å²) in [5.74, 6) is 0.901. The Hall–Kier alpha value is -2.58. The second-order valence-electron chi connectivity index (χ2n) is 10.4. The van der Waals surface area contributed by atoms with Crippen LogP contribution < -0.4 is 5.56 Å². The summed E-state index contributed by atoms with van der Waals surface area (Å²) in [7, 11) is 0. The first-order valence-electron chi connectivity index (χ1n) is 13.3. The molecule has 1 aromatic carbocycles. The lowest BCUT2D eigenvalue weighted by Gasteiger charge is -2.36. The minimum absolute atomic E-state index is 0.00152. The summed E-state index contributed by atoms with van der Waals surface area (Å²) in [6, 6.07) is 6.86. The Morgan fingerprint density at radius 2 is 2.00 bits per heavy atom. The molecule has 1 aliphatic carbocycles. The van der Waals surface area contributed by atoms with Crippen molar-refractivity contribution in [3.05, 3.63) is 51.1 Å². The van der Waals surface area contributed by atoms with E-state index in [4.69, 9.17) is 4.74 Å². The second-order valence-corrected chi connectivity index (χ2v) is 10.4. The zero-order valence-electron chi connectivity index (χ0n) is 21.3. The largest absolute Gasteiger partial charge is 0.376 e. The highest BCUT2D eigenvalue weighted by Crippen LogP contribution is 2.34. The molecule has 2 fully saturated rings. The van der Waals surface area contributed by atoms with Crippen molar-refractivity contribution >= 4 is 10.9 Å². The molecule has 0 spiro atoms. The fraction of sp³-hybridized carbons (Fsp3) is 0.630. The molecule has 8 nitrogen and oxygen atoms in total. The lowest BCUT2D eigenvalue weighted by molar-refractivity contribution is 0.0828. The van der Waals surface area contributed by atoms with Gasteiger partial charge in [-0.15, -0.1) is 5.10 Å². The molecule has 35 heavy (non-hydrogen) atoms. The van der Waals surface area contributed by atoms with E-state index in [2.05, 4.69) is 64.4 Å². The molecule has 0 unspecified atom stereocenters. The van der Waals surface area contributed by atoms with E-state index in [0.29, 0.717) is 19.1 Å². The third-order valence-electron chi connectivity index (χ3n) is 7.74. The summed E-state index contributed by atoms with van der Waals surface area (Å²) in [5, 5.41) is 14.1. The van der Waals surface area contributed by atoms with Crippen LogP contribution in [0.5, 0.6) is 0 Å². The fourth-order valence-corrected chi connectivity index (χ4v) is 6.05. The predicted molar refractivity (Wildman–Crippen MR) is 136 cm³/mol. The second kappa shape index (κ2) is 10.6. The number of hydrogen-bond donors (Lipinski definition) is 1. The van der Waals surface area contributed by atoms with E-state index in [1.165, 1.54) is 18.4 Å². The Bertz CT molecular complexity index is 1210. The van der Waals surface area contributed by atoms with Gasteiger partial charge in [0.1, 0.15) is 0 Å². The predicted octanol–water partition coefficient (Wildman–Crippen LogP) is 4.60. The number of H-pyrrole nitrogens is 1. The van der Waals surface area contributed by atoms with Gasteiger partial charge in [0.2, 0.25) is 0 Å². The van der Waals surface area contributed by atoms with Crippen molar-refractivity contribution < 1.29 is 4.74 Å². The summed E-state index contributed by atoms with van der Waals surface area (Å²) in [5.41, 5.74) is 4.06.